The van der Waals surface area contributed by atoms with Gasteiger partial charge in [0.05, 0.1) is 0 Å². The van der Waals surface area contributed by atoms with Crippen molar-refractivity contribution in [2.75, 3.05) is 0 Å². The third-order valence-corrected chi connectivity index (χ3v) is 3.44. The van der Waals surface area contributed by atoms with Gasteiger partial charge in [-0.05, 0) is 0 Å². The summed E-state index contributed by atoms with van der Waals surface area (Å²) in [5.74, 6) is 2.28. The molecule has 0 fully saturated rings. The molecule has 72 valence electrons. The zero-order valence-electron chi connectivity index (χ0n) is 8.92. The minimum atomic E-state index is 0.288. The van der Waals surface area contributed by atoms with E-state index in [0.29, 0.717) is 0 Å². The molecule has 13 heavy (non-hydrogen) atoms. The second-order valence-corrected chi connectivity index (χ2v) is 6.20. The van der Waals surface area contributed by atoms with Gasteiger partial charge < -0.3 is 0 Å². The number of benzene rings is 1. The van der Waals surface area contributed by atoms with Crippen molar-refractivity contribution >= 4 is 15.0 Å². The van der Waals surface area contributed by atoms with Crippen LogP contribution in [0.5, 0.6) is 0 Å². The van der Waals surface area contributed by atoms with Crippen molar-refractivity contribution in [3.05, 3.63) is 35.4 Å². The van der Waals surface area contributed by atoms with Crippen LogP contribution >= 0.6 is 0 Å². The Kier molecular flexibility index (Phi) is 3.58. The molecule has 0 heterocycles. The maximum atomic E-state index is 2.28. The van der Waals surface area contributed by atoms with Crippen molar-refractivity contribution in [2.24, 2.45) is 0 Å². The van der Waals surface area contributed by atoms with E-state index in [-0.39, 0.29) is 5.41 Å². The number of rotatable bonds is 2. The van der Waals surface area contributed by atoms with E-state index in [2.05, 4.69) is 50.9 Å². The van der Waals surface area contributed by atoms with Crippen LogP contribution < -0.4 is 0 Å². The molecule has 0 saturated carbocycles. The molecule has 1 heteroatoms. The van der Waals surface area contributed by atoms with Crippen LogP contribution in [0.1, 0.15) is 31.9 Å². The molecule has 0 bridgehead atoms. The van der Waals surface area contributed by atoms with Gasteiger partial charge in [0.1, 0.15) is 0 Å². The predicted molar refractivity (Wildman–Crippen MR) is 60.5 cm³/mol. The zero-order chi connectivity index (χ0) is 9.90. The molecule has 1 aromatic carbocycles. The molecule has 0 spiro atoms. The van der Waals surface area contributed by atoms with Gasteiger partial charge in [0.2, 0.25) is 0 Å². The second-order valence-electron chi connectivity index (χ2n) is 4.38. The van der Waals surface area contributed by atoms with E-state index in [1.165, 1.54) is 16.4 Å². The summed E-state index contributed by atoms with van der Waals surface area (Å²) < 4.78 is 0. The maximum absolute atomic E-state index is 2.28. The van der Waals surface area contributed by atoms with Crippen LogP contribution in [-0.2, 0) is 10.7 Å². The SMILES string of the molecule is C[Se]Cc1ccc(C(C)(C)C)cc1. The third kappa shape index (κ3) is 3.17. The van der Waals surface area contributed by atoms with Gasteiger partial charge in [0.15, 0.2) is 0 Å². The molecule has 0 aliphatic rings. The van der Waals surface area contributed by atoms with Crippen LogP contribution in [0.4, 0.5) is 0 Å². The molecule has 0 unspecified atom stereocenters. The van der Waals surface area contributed by atoms with Crippen LogP contribution in [0.2, 0.25) is 5.82 Å². The van der Waals surface area contributed by atoms with Crippen molar-refractivity contribution in [1.82, 2.24) is 0 Å². The van der Waals surface area contributed by atoms with E-state index in [9.17, 15) is 0 Å². The van der Waals surface area contributed by atoms with Crippen LogP contribution in [0, 0.1) is 0 Å². The quantitative estimate of drug-likeness (QED) is 0.697. The van der Waals surface area contributed by atoms with Crippen molar-refractivity contribution in [3.8, 4) is 0 Å². The van der Waals surface area contributed by atoms with Crippen LogP contribution in [-0.4, -0.2) is 15.0 Å². The van der Waals surface area contributed by atoms with Gasteiger partial charge >= 0.3 is 87.7 Å². The van der Waals surface area contributed by atoms with E-state index < -0.39 is 0 Å². The molecular formula is C12H18Se. The zero-order valence-corrected chi connectivity index (χ0v) is 10.6. The Morgan fingerprint density at radius 1 is 1.08 bits per heavy atom. The standard InChI is InChI=1S/C12H18Se/c1-12(2,3)11-7-5-10(6-8-11)9-13-4/h5-8H,9H2,1-4H3. The fourth-order valence-electron chi connectivity index (χ4n) is 1.27. The summed E-state index contributed by atoms with van der Waals surface area (Å²) in [5.41, 5.74) is 3.20. The third-order valence-electron chi connectivity index (χ3n) is 2.13. The molecule has 1 aromatic rings. The molecule has 0 aliphatic carbocycles. The molecule has 0 N–H and O–H groups in total. The Labute approximate surface area is 87.9 Å². The summed E-state index contributed by atoms with van der Waals surface area (Å²) in [6.45, 7) is 6.77. The average Bonchev–Trinajstić information content (AvgIpc) is 2.04. The Hall–Kier alpha value is -0.261. The molecule has 0 aliphatic heterocycles. The minimum absolute atomic E-state index is 0.288. The average molecular weight is 241 g/mol. The van der Waals surface area contributed by atoms with Crippen molar-refractivity contribution < 1.29 is 0 Å². The fraction of sp³-hybridized carbons (Fsp3) is 0.500. The van der Waals surface area contributed by atoms with Crippen LogP contribution in [0.25, 0.3) is 0 Å². The molecule has 0 atom stereocenters. The summed E-state index contributed by atoms with van der Waals surface area (Å²) in [4.78, 5) is 0. The number of hydrogen-bond acceptors (Lipinski definition) is 0. The summed E-state index contributed by atoms with van der Waals surface area (Å²) in [6.07, 6.45) is 0. The van der Waals surface area contributed by atoms with Gasteiger partial charge in [-0.15, -0.1) is 0 Å². The van der Waals surface area contributed by atoms with Crippen LogP contribution in [0.15, 0.2) is 24.3 Å². The first-order valence-corrected chi connectivity index (χ1v) is 7.55. The van der Waals surface area contributed by atoms with Crippen molar-refractivity contribution in [1.29, 1.82) is 0 Å². The topological polar surface area (TPSA) is 0 Å². The van der Waals surface area contributed by atoms with Crippen molar-refractivity contribution in [2.45, 2.75) is 37.3 Å². The van der Waals surface area contributed by atoms with E-state index in [1.807, 2.05) is 0 Å². The van der Waals surface area contributed by atoms with Gasteiger partial charge in [-0.2, -0.15) is 0 Å². The molecule has 0 nitrogen and oxygen atoms in total. The predicted octanol–water partition coefficient (Wildman–Crippen LogP) is 3.24. The Morgan fingerprint density at radius 3 is 2.00 bits per heavy atom. The first-order valence-electron chi connectivity index (χ1n) is 4.62. The molecule has 0 radical (unpaired) electrons. The van der Waals surface area contributed by atoms with Gasteiger partial charge in [-0.25, -0.2) is 0 Å². The van der Waals surface area contributed by atoms with E-state index >= 15 is 0 Å². The van der Waals surface area contributed by atoms with Crippen LogP contribution in [0.3, 0.4) is 0 Å². The summed E-state index contributed by atoms with van der Waals surface area (Å²) in [7, 11) is 0. The Balaban J connectivity index is 2.81. The van der Waals surface area contributed by atoms with Crippen molar-refractivity contribution in [3.63, 3.8) is 0 Å². The van der Waals surface area contributed by atoms with E-state index in [4.69, 9.17) is 0 Å². The number of hydrogen-bond donors (Lipinski definition) is 0. The summed E-state index contributed by atoms with van der Waals surface area (Å²) in [6, 6.07) is 9.07. The first-order chi connectivity index (χ1) is 6.04. The fourth-order valence-corrected chi connectivity index (χ4v) is 2.37. The molecule has 0 amide bonds. The van der Waals surface area contributed by atoms with Gasteiger partial charge in [0.25, 0.3) is 0 Å². The monoisotopic (exact) mass is 242 g/mol. The van der Waals surface area contributed by atoms with Gasteiger partial charge in [-0.3, -0.25) is 0 Å². The first kappa shape index (κ1) is 10.8. The van der Waals surface area contributed by atoms with Gasteiger partial charge in [-0.1, -0.05) is 0 Å². The van der Waals surface area contributed by atoms with Gasteiger partial charge in [0, 0.05) is 0 Å². The molecular weight excluding hydrogens is 223 g/mol. The Bertz CT molecular complexity index is 253. The Morgan fingerprint density at radius 2 is 1.62 bits per heavy atom. The second kappa shape index (κ2) is 4.30. The van der Waals surface area contributed by atoms with E-state index in [1.54, 1.807) is 0 Å². The van der Waals surface area contributed by atoms with E-state index in [0.717, 1.165) is 15.0 Å². The summed E-state index contributed by atoms with van der Waals surface area (Å²) in [5, 5.41) is 1.26. The molecule has 0 aromatic heterocycles. The summed E-state index contributed by atoms with van der Waals surface area (Å²) >= 11 is 0.753. The normalized spacial score (nSPS) is 11.7. The molecule has 0 saturated heterocycles. The molecule has 1 rings (SSSR count).